The summed E-state index contributed by atoms with van der Waals surface area (Å²) in [4.78, 5) is 0. The Morgan fingerprint density at radius 3 is 0.923 bits per heavy atom. The van der Waals surface area contributed by atoms with Crippen LogP contribution < -0.4 is 0 Å². The van der Waals surface area contributed by atoms with Gasteiger partial charge in [-0.1, -0.05) is 52.0 Å². The van der Waals surface area contributed by atoms with Crippen LogP contribution >= 0.6 is 0 Å². The van der Waals surface area contributed by atoms with E-state index in [1.54, 1.807) is 0 Å². The maximum atomic E-state index is 3.90. The second-order valence-corrected chi connectivity index (χ2v) is 8.40. The molecule has 0 rings (SSSR count). The molecule has 0 bridgehead atoms. The van der Waals surface area contributed by atoms with Crippen LogP contribution in [-0.2, 0) is 0 Å². The van der Waals surface area contributed by atoms with Gasteiger partial charge in [-0.3, -0.25) is 0 Å². The summed E-state index contributed by atoms with van der Waals surface area (Å²) < 4.78 is 2.11. The molecule has 150 valence electrons. The highest BCUT2D eigenvalue weighted by atomic mass is 15.3. The van der Waals surface area contributed by atoms with Gasteiger partial charge < -0.3 is 8.97 Å². The van der Waals surface area contributed by atoms with Crippen molar-refractivity contribution in [2.45, 2.75) is 51.4 Å². The number of hydrogen-bond donors (Lipinski definition) is 0. The van der Waals surface area contributed by atoms with Crippen LogP contribution in [0.15, 0.2) is 50.6 Å². The third-order valence-corrected chi connectivity index (χ3v) is 5.43. The highest BCUT2D eigenvalue weighted by Gasteiger charge is 2.17. The largest absolute Gasteiger partial charge is 0.320 e. The Balaban J connectivity index is 3.69. The van der Waals surface area contributed by atoms with Crippen molar-refractivity contribution in [2.24, 2.45) is 0 Å². The van der Waals surface area contributed by atoms with Crippen molar-refractivity contribution in [3.05, 3.63) is 50.6 Å². The second kappa shape index (κ2) is 15.0. The zero-order chi connectivity index (χ0) is 19.7. The van der Waals surface area contributed by atoms with Gasteiger partial charge in [-0.15, -0.1) is 0 Å². The molecule has 0 saturated carbocycles. The molecule has 0 saturated heterocycles. The quantitative estimate of drug-likeness (QED) is 0.156. The number of quaternary nitrogens is 2. The molecule has 0 fully saturated rings. The van der Waals surface area contributed by atoms with Gasteiger partial charge in [0.15, 0.2) is 0 Å². The molecule has 0 aromatic heterocycles. The lowest BCUT2D eigenvalue weighted by molar-refractivity contribution is -0.898. The molecule has 0 amide bonds. The first-order valence-electron chi connectivity index (χ1n) is 10.6. The fourth-order valence-electron chi connectivity index (χ4n) is 3.81. The molecule has 0 spiro atoms. The van der Waals surface area contributed by atoms with E-state index in [9.17, 15) is 0 Å². The third-order valence-electron chi connectivity index (χ3n) is 5.43. The lowest BCUT2D eigenvalue weighted by Gasteiger charge is -2.32. The summed E-state index contributed by atoms with van der Waals surface area (Å²) in [6, 6.07) is 0. The van der Waals surface area contributed by atoms with E-state index in [-0.39, 0.29) is 0 Å². The maximum absolute atomic E-state index is 3.90. The van der Waals surface area contributed by atoms with Crippen LogP contribution in [0.1, 0.15) is 51.4 Å². The minimum absolute atomic E-state index is 1.04. The minimum Gasteiger partial charge on any atom is -0.320 e. The standard InChI is InChI=1S/C24H46N2/c1-7-19-25(5,20-8-2)23-17-15-13-11-12-14-16-18-24-26(6,21-9-3)22-10-4/h7-10H,1-4,11-24H2,5-6H3/q+2. The first-order valence-corrected chi connectivity index (χ1v) is 10.6. The fourth-order valence-corrected chi connectivity index (χ4v) is 3.81. The molecular weight excluding hydrogens is 316 g/mol. The van der Waals surface area contributed by atoms with Crippen molar-refractivity contribution in [1.82, 2.24) is 0 Å². The van der Waals surface area contributed by atoms with Crippen molar-refractivity contribution in [2.75, 3.05) is 53.4 Å². The fraction of sp³-hybridized carbons (Fsp3) is 0.667. The molecule has 26 heavy (non-hydrogen) atoms. The van der Waals surface area contributed by atoms with E-state index in [4.69, 9.17) is 0 Å². The molecule has 2 nitrogen and oxygen atoms in total. The number of likely N-dealkylation sites (N-methyl/N-ethyl adjacent to an activating group) is 2. The molecule has 2 heteroatoms. The maximum Gasteiger partial charge on any atom is 0.0971 e. The van der Waals surface area contributed by atoms with Crippen molar-refractivity contribution in [1.29, 1.82) is 0 Å². The molecule has 0 N–H and O–H groups in total. The topological polar surface area (TPSA) is 0 Å². The summed E-state index contributed by atoms with van der Waals surface area (Å²) in [5.41, 5.74) is 0. The Hall–Kier alpha value is -1.12. The zero-order valence-electron chi connectivity index (χ0n) is 17.9. The number of unbranched alkanes of at least 4 members (excludes halogenated alkanes) is 7. The summed E-state index contributed by atoms with van der Waals surface area (Å²) in [5, 5.41) is 0. The highest BCUT2D eigenvalue weighted by molar-refractivity contribution is 4.72. The Labute approximate surface area is 164 Å². The summed E-state index contributed by atoms with van der Waals surface area (Å²) in [6.45, 7) is 22.2. The van der Waals surface area contributed by atoms with Crippen LogP contribution in [0.25, 0.3) is 0 Å². The van der Waals surface area contributed by atoms with E-state index in [0.29, 0.717) is 0 Å². The summed E-state index contributed by atoms with van der Waals surface area (Å²) in [7, 11) is 4.63. The van der Waals surface area contributed by atoms with E-state index in [0.717, 1.165) is 35.1 Å². The third kappa shape index (κ3) is 12.3. The van der Waals surface area contributed by atoms with E-state index in [2.05, 4.69) is 40.4 Å². The van der Waals surface area contributed by atoms with Crippen LogP contribution in [0.4, 0.5) is 0 Å². The molecule has 0 aromatic carbocycles. The van der Waals surface area contributed by atoms with Crippen molar-refractivity contribution in [3.63, 3.8) is 0 Å². The summed E-state index contributed by atoms with van der Waals surface area (Å²) in [6.07, 6.45) is 19.0. The van der Waals surface area contributed by atoms with Gasteiger partial charge in [0.1, 0.15) is 0 Å². The number of nitrogens with zero attached hydrogens (tertiary/aromatic N) is 2. The van der Waals surface area contributed by atoms with Gasteiger partial charge in [0.25, 0.3) is 0 Å². The average Bonchev–Trinajstić information content (AvgIpc) is 2.57. The van der Waals surface area contributed by atoms with Crippen molar-refractivity contribution in [3.8, 4) is 0 Å². The molecule has 0 aliphatic carbocycles. The van der Waals surface area contributed by atoms with Gasteiger partial charge in [-0.05, 0) is 50.0 Å². The van der Waals surface area contributed by atoms with E-state index in [1.807, 2.05) is 24.3 Å². The van der Waals surface area contributed by atoms with Crippen molar-refractivity contribution >= 4 is 0 Å². The molecule has 0 heterocycles. The summed E-state index contributed by atoms with van der Waals surface area (Å²) >= 11 is 0. The van der Waals surface area contributed by atoms with Crippen LogP contribution in [0.5, 0.6) is 0 Å². The predicted molar refractivity (Wildman–Crippen MR) is 119 cm³/mol. The first kappa shape index (κ1) is 24.9. The van der Waals surface area contributed by atoms with Gasteiger partial charge in [-0.25, -0.2) is 0 Å². The van der Waals surface area contributed by atoms with E-state index >= 15 is 0 Å². The molecule has 0 aliphatic heterocycles. The lowest BCUT2D eigenvalue weighted by Crippen LogP contribution is -2.44. The van der Waals surface area contributed by atoms with Gasteiger partial charge >= 0.3 is 0 Å². The van der Waals surface area contributed by atoms with E-state index in [1.165, 1.54) is 64.5 Å². The second-order valence-electron chi connectivity index (χ2n) is 8.40. The summed E-state index contributed by atoms with van der Waals surface area (Å²) in [5.74, 6) is 0. The molecule has 0 unspecified atom stereocenters. The lowest BCUT2D eigenvalue weighted by atomic mass is 10.1. The number of rotatable bonds is 19. The smallest absolute Gasteiger partial charge is 0.0971 e. The van der Waals surface area contributed by atoms with Crippen LogP contribution in [0, 0.1) is 0 Å². The predicted octanol–water partition coefficient (Wildman–Crippen LogP) is 5.74. The average molecular weight is 363 g/mol. The molecule has 0 aromatic rings. The van der Waals surface area contributed by atoms with Gasteiger partial charge in [0.2, 0.25) is 0 Å². The van der Waals surface area contributed by atoms with Gasteiger partial charge in [0, 0.05) is 0 Å². The minimum atomic E-state index is 1.04. The van der Waals surface area contributed by atoms with Gasteiger partial charge in [-0.2, -0.15) is 0 Å². The molecular formula is C24H46N2+2. The Morgan fingerprint density at radius 1 is 0.462 bits per heavy atom. The van der Waals surface area contributed by atoms with Crippen LogP contribution in [-0.4, -0.2) is 62.3 Å². The van der Waals surface area contributed by atoms with Gasteiger partial charge in [0.05, 0.1) is 53.4 Å². The first-order chi connectivity index (χ1) is 12.4. The molecule has 0 aliphatic rings. The van der Waals surface area contributed by atoms with Crippen molar-refractivity contribution < 1.29 is 8.97 Å². The Kier molecular flexibility index (Phi) is 14.3. The van der Waals surface area contributed by atoms with Crippen LogP contribution in [0.3, 0.4) is 0 Å². The molecule has 0 atom stereocenters. The zero-order valence-corrected chi connectivity index (χ0v) is 17.9. The highest BCUT2D eigenvalue weighted by Crippen LogP contribution is 2.13. The Bertz CT molecular complexity index is 339. The normalized spacial score (nSPS) is 11.9. The monoisotopic (exact) mass is 362 g/mol. The van der Waals surface area contributed by atoms with Crippen LogP contribution in [0.2, 0.25) is 0 Å². The van der Waals surface area contributed by atoms with E-state index < -0.39 is 0 Å². The Morgan fingerprint density at radius 2 is 0.692 bits per heavy atom. The SMILES string of the molecule is C=CC[N+](C)(CC=C)CCCCCCCCCC[N+](C)(CC=C)CC=C. The number of hydrogen-bond acceptors (Lipinski definition) is 0. The molecule has 0 radical (unpaired) electrons.